The van der Waals surface area contributed by atoms with E-state index in [-0.39, 0.29) is 23.4 Å². The first-order valence-corrected chi connectivity index (χ1v) is 10.1. The highest BCUT2D eigenvalue weighted by molar-refractivity contribution is 6.31. The van der Waals surface area contributed by atoms with Gasteiger partial charge in [-0.25, -0.2) is 4.39 Å². The van der Waals surface area contributed by atoms with E-state index in [1.165, 1.54) is 0 Å². The molecule has 0 aliphatic heterocycles. The van der Waals surface area contributed by atoms with Crippen molar-refractivity contribution in [3.63, 3.8) is 0 Å². The number of hydrogen-bond acceptors (Lipinski definition) is 4. The Kier molecular flexibility index (Phi) is 4.65. The molecule has 0 saturated heterocycles. The molecule has 6 nitrogen and oxygen atoms in total. The lowest BCUT2D eigenvalue weighted by Crippen LogP contribution is -2.33. The van der Waals surface area contributed by atoms with Gasteiger partial charge in [-0.15, -0.1) is 13.2 Å². The van der Waals surface area contributed by atoms with Crippen LogP contribution in [-0.2, 0) is 5.60 Å². The second-order valence-electron chi connectivity index (χ2n) is 8.24. The summed E-state index contributed by atoms with van der Waals surface area (Å²) in [5.74, 6) is -2.94. The third-order valence-electron chi connectivity index (χ3n) is 6.22. The van der Waals surface area contributed by atoms with Crippen molar-refractivity contribution in [1.29, 1.82) is 0 Å². The molecule has 1 heterocycles. The molecular weight excluding hydrogens is 454 g/mol. The monoisotopic (exact) mass is 469 g/mol. The molecule has 2 aliphatic rings. The van der Waals surface area contributed by atoms with Crippen LogP contribution in [0.15, 0.2) is 36.5 Å². The van der Waals surface area contributed by atoms with Crippen molar-refractivity contribution in [3.05, 3.63) is 58.5 Å². The Labute approximate surface area is 183 Å². The molecule has 1 amide bonds. The molecule has 0 radical (unpaired) electrons. The molecule has 2 aliphatic carbocycles. The van der Waals surface area contributed by atoms with Crippen molar-refractivity contribution in [2.45, 2.75) is 30.8 Å². The van der Waals surface area contributed by atoms with E-state index in [2.05, 4.69) is 20.3 Å². The Morgan fingerprint density at radius 1 is 1.25 bits per heavy atom. The fraction of sp³-hybridized carbons (Fsp3) is 0.333. The van der Waals surface area contributed by atoms with E-state index in [4.69, 9.17) is 11.6 Å². The summed E-state index contributed by atoms with van der Waals surface area (Å²) in [6.45, 7) is 0. The lowest BCUT2D eigenvalue weighted by Gasteiger charge is -2.27. The zero-order chi connectivity index (χ0) is 22.8. The number of ether oxygens (including phenoxy) is 1. The number of amides is 1. The molecule has 2 saturated carbocycles. The predicted molar refractivity (Wildman–Crippen MR) is 106 cm³/mol. The van der Waals surface area contributed by atoms with Gasteiger partial charge in [0.2, 0.25) is 0 Å². The number of alkyl halides is 3. The first-order chi connectivity index (χ1) is 15.0. The summed E-state index contributed by atoms with van der Waals surface area (Å²) in [4.78, 5) is 12.5. The molecule has 3 N–H and O–H groups in total. The molecule has 3 aromatic rings. The van der Waals surface area contributed by atoms with Crippen LogP contribution in [-0.4, -0.2) is 33.6 Å². The molecule has 32 heavy (non-hydrogen) atoms. The van der Waals surface area contributed by atoms with Gasteiger partial charge in [-0.2, -0.15) is 5.10 Å². The number of aliphatic hydroxyl groups is 1. The van der Waals surface area contributed by atoms with Gasteiger partial charge in [0.05, 0.1) is 17.3 Å². The zero-order valence-corrected chi connectivity index (χ0v) is 17.0. The molecule has 2 fully saturated rings. The number of halogens is 5. The van der Waals surface area contributed by atoms with Crippen molar-refractivity contribution in [2.24, 2.45) is 11.8 Å². The number of fused-ring (bicyclic) bond motifs is 2. The van der Waals surface area contributed by atoms with E-state index < -0.39 is 29.4 Å². The number of benzene rings is 2. The second kappa shape index (κ2) is 7.08. The minimum absolute atomic E-state index is 0.00349. The lowest BCUT2D eigenvalue weighted by molar-refractivity contribution is -0.275. The van der Waals surface area contributed by atoms with Crippen molar-refractivity contribution in [3.8, 4) is 5.75 Å². The molecule has 0 bridgehead atoms. The molecule has 1 aromatic heterocycles. The first-order valence-electron chi connectivity index (χ1n) is 9.76. The Morgan fingerprint density at radius 3 is 2.66 bits per heavy atom. The second-order valence-corrected chi connectivity index (χ2v) is 8.68. The number of H-pyrrole nitrogens is 1. The number of hydrogen-bond donors (Lipinski definition) is 3. The minimum Gasteiger partial charge on any atom is -0.403 e. The number of carbonyl (C=O) groups is 1. The molecule has 2 aromatic carbocycles. The fourth-order valence-electron chi connectivity index (χ4n) is 4.78. The van der Waals surface area contributed by atoms with E-state index in [9.17, 15) is 27.5 Å². The smallest absolute Gasteiger partial charge is 0.403 e. The Morgan fingerprint density at radius 2 is 1.97 bits per heavy atom. The number of aromatic nitrogens is 2. The van der Waals surface area contributed by atoms with Crippen LogP contribution < -0.4 is 10.1 Å². The van der Waals surface area contributed by atoms with Gasteiger partial charge >= 0.3 is 6.36 Å². The number of aromatic amines is 1. The highest BCUT2D eigenvalue weighted by Crippen LogP contribution is 2.60. The number of rotatable bonds is 4. The molecular formula is C21H16ClF4N3O3. The minimum atomic E-state index is -5.07. The van der Waals surface area contributed by atoms with Crippen LogP contribution >= 0.6 is 11.6 Å². The van der Waals surface area contributed by atoms with Crippen molar-refractivity contribution in [2.75, 3.05) is 0 Å². The molecule has 168 valence electrons. The number of nitrogens with zero attached hydrogens (tertiary/aromatic N) is 1. The van der Waals surface area contributed by atoms with Crippen LogP contribution in [0, 0.1) is 17.7 Å². The highest BCUT2D eigenvalue weighted by atomic mass is 35.5. The van der Waals surface area contributed by atoms with Crippen LogP contribution in [0.5, 0.6) is 5.75 Å². The highest BCUT2D eigenvalue weighted by Gasteiger charge is 2.62. The predicted octanol–water partition coefficient (Wildman–Crippen LogP) is 4.28. The maximum absolute atomic E-state index is 13.6. The van der Waals surface area contributed by atoms with Gasteiger partial charge in [0.1, 0.15) is 0 Å². The Bertz CT molecular complexity index is 1220. The Hall–Kier alpha value is -2.85. The van der Waals surface area contributed by atoms with Gasteiger partial charge in [0, 0.05) is 22.0 Å². The summed E-state index contributed by atoms with van der Waals surface area (Å²) >= 11 is 6.17. The molecule has 4 atom stereocenters. The van der Waals surface area contributed by atoms with Gasteiger partial charge in [-0.3, -0.25) is 9.89 Å². The van der Waals surface area contributed by atoms with E-state index in [1.807, 2.05) is 0 Å². The third-order valence-corrected chi connectivity index (χ3v) is 6.44. The van der Waals surface area contributed by atoms with Crippen molar-refractivity contribution >= 4 is 28.4 Å². The van der Waals surface area contributed by atoms with E-state index >= 15 is 0 Å². The van der Waals surface area contributed by atoms with Gasteiger partial charge in [-0.1, -0.05) is 11.6 Å². The topological polar surface area (TPSA) is 87.2 Å². The average molecular weight is 470 g/mol. The third kappa shape index (κ3) is 3.67. The quantitative estimate of drug-likeness (QED) is 0.498. The van der Waals surface area contributed by atoms with Crippen LogP contribution in [0.2, 0.25) is 5.02 Å². The maximum Gasteiger partial charge on any atom is 0.573 e. The summed E-state index contributed by atoms with van der Waals surface area (Å²) in [7, 11) is 0. The maximum atomic E-state index is 13.6. The SMILES string of the molecule is O=C(NC1[C@H]2CC(O)(c3cc(Cl)cc4[nH]ncc34)C[C@@H]12)c1ccc(F)c(OC(F)(F)F)c1. The van der Waals surface area contributed by atoms with E-state index in [0.717, 1.165) is 17.5 Å². The number of carbonyl (C=O) groups excluding carboxylic acids is 1. The normalized spacial score (nSPS) is 26.8. The summed E-state index contributed by atoms with van der Waals surface area (Å²) in [5, 5.41) is 22.1. The fourth-order valence-corrected chi connectivity index (χ4v) is 5.00. The summed E-state index contributed by atoms with van der Waals surface area (Å²) in [5.41, 5.74) is 0.0894. The van der Waals surface area contributed by atoms with Crippen molar-refractivity contribution in [1.82, 2.24) is 15.5 Å². The van der Waals surface area contributed by atoms with Crippen LogP contribution in [0.25, 0.3) is 10.9 Å². The average Bonchev–Trinajstić information content (AvgIpc) is 3.07. The molecule has 2 unspecified atom stereocenters. The van der Waals surface area contributed by atoms with Crippen molar-refractivity contribution < 1.29 is 32.2 Å². The van der Waals surface area contributed by atoms with Crippen LogP contribution in [0.1, 0.15) is 28.8 Å². The summed E-state index contributed by atoms with van der Waals surface area (Å²) in [6.07, 6.45) is -2.68. The lowest BCUT2D eigenvalue weighted by atomic mass is 9.86. The summed E-state index contributed by atoms with van der Waals surface area (Å²) < 4.78 is 54.5. The molecule has 11 heteroatoms. The Balaban J connectivity index is 1.28. The molecule has 5 rings (SSSR count). The van der Waals surface area contributed by atoms with Gasteiger partial charge in [-0.05, 0) is 60.6 Å². The van der Waals surface area contributed by atoms with Gasteiger partial charge < -0.3 is 15.2 Å². The van der Waals surface area contributed by atoms with Crippen LogP contribution in [0.3, 0.4) is 0 Å². The summed E-state index contributed by atoms with van der Waals surface area (Å²) in [6, 6.07) is 5.74. The zero-order valence-electron chi connectivity index (χ0n) is 16.2. The van der Waals surface area contributed by atoms with Crippen LogP contribution in [0.4, 0.5) is 17.6 Å². The van der Waals surface area contributed by atoms with E-state index in [0.29, 0.717) is 35.0 Å². The largest absolute Gasteiger partial charge is 0.573 e. The van der Waals surface area contributed by atoms with E-state index in [1.54, 1.807) is 18.3 Å². The number of nitrogens with one attached hydrogen (secondary N) is 2. The van der Waals surface area contributed by atoms with Gasteiger partial charge in [0.15, 0.2) is 11.6 Å². The van der Waals surface area contributed by atoms with Gasteiger partial charge in [0.25, 0.3) is 5.91 Å². The first kappa shape index (κ1) is 21.0. The standard InChI is InChI=1S/C21H16ClF4N3O3/c22-10-4-14(13-8-27-29-16(13)5-10)20(31)6-11-12(7-20)18(11)28-19(30)9-1-2-15(23)17(3-9)32-21(24,25)26/h1-5,8,11-12,18,31H,6-7H2,(H,27,29)(H,28,30)/t11-,12+,18?,20?. The molecule has 0 spiro atoms.